The first-order valence-electron chi connectivity index (χ1n) is 6.63. The average Bonchev–Trinajstić information content (AvgIpc) is 2.48. The summed E-state index contributed by atoms with van der Waals surface area (Å²) in [5.41, 5.74) is 6.36. The van der Waals surface area contributed by atoms with E-state index in [4.69, 9.17) is 17.3 Å². The third kappa shape index (κ3) is 4.64. The fourth-order valence-electron chi connectivity index (χ4n) is 1.91. The van der Waals surface area contributed by atoms with Crippen molar-refractivity contribution in [3.8, 4) is 0 Å². The summed E-state index contributed by atoms with van der Waals surface area (Å²) in [6.45, 7) is 0.467. The zero-order valence-electron chi connectivity index (χ0n) is 12.3. The van der Waals surface area contributed by atoms with E-state index in [1.807, 2.05) is 0 Å². The summed E-state index contributed by atoms with van der Waals surface area (Å²) in [4.78, 5) is 11.6. The standard InChI is InChI=1S/C14H15ClN4O3S/c1-23(21,22)10-4-2-9(3-5-10)6-7-17-14-11(13(16)20)8-12(15)18-19-14/h2-5,8H,6-7H2,1H3,(H2,16,20)(H,17,19). The number of hydrogen-bond acceptors (Lipinski definition) is 6. The molecule has 0 saturated carbocycles. The quantitative estimate of drug-likeness (QED) is 0.807. The number of halogens is 1. The second-order valence-corrected chi connectivity index (χ2v) is 7.29. The maximum atomic E-state index is 11.4. The van der Waals surface area contributed by atoms with Crippen LogP contribution < -0.4 is 11.1 Å². The van der Waals surface area contributed by atoms with Crippen LogP contribution in [0.5, 0.6) is 0 Å². The number of benzene rings is 1. The van der Waals surface area contributed by atoms with Crippen LogP contribution in [0.2, 0.25) is 5.15 Å². The van der Waals surface area contributed by atoms with Crippen LogP contribution in [0.4, 0.5) is 5.82 Å². The van der Waals surface area contributed by atoms with Crippen molar-refractivity contribution >= 4 is 33.2 Å². The molecule has 0 spiro atoms. The Bertz CT molecular complexity index is 822. The molecule has 3 N–H and O–H groups in total. The van der Waals surface area contributed by atoms with Gasteiger partial charge in [-0.1, -0.05) is 23.7 Å². The molecular formula is C14H15ClN4O3S. The van der Waals surface area contributed by atoms with Crippen LogP contribution in [-0.4, -0.2) is 37.3 Å². The third-order valence-corrected chi connectivity index (χ3v) is 4.40. The Morgan fingerprint density at radius 3 is 2.48 bits per heavy atom. The molecule has 1 heterocycles. The molecule has 0 saturated heterocycles. The minimum Gasteiger partial charge on any atom is -0.368 e. The predicted octanol–water partition coefficient (Wildman–Crippen LogP) is 1.29. The van der Waals surface area contributed by atoms with Gasteiger partial charge in [-0.15, -0.1) is 10.2 Å². The van der Waals surface area contributed by atoms with Crippen molar-refractivity contribution in [2.45, 2.75) is 11.3 Å². The molecule has 1 amide bonds. The Kier molecular flexibility index (Phi) is 5.17. The van der Waals surface area contributed by atoms with Crippen LogP contribution in [0.1, 0.15) is 15.9 Å². The van der Waals surface area contributed by atoms with Gasteiger partial charge in [0.2, 0.25) is 0 Å². The third-order valence-electron chi connectivity index (χ3n) is 3.09. The van der Waals surface area contributed by atoms with Crippen LogP contribution in [0.15, 0.2) is 35.2 Å². The van der Waals surface area contributed by atoms with E-state index in [-0.39, 0.29) is 21.4 Å². The predicted molar refractivity (Wildman–Crippen MR) is 87.3 cm³/mol. The van der Waals surface area contributed by atoms with Crippen LogP contribution in [0.3, 0.4) is 0 Å². The van der Waals surface area contributed by atoms with Gasteiger partial charge in [0.1, 0.15) is 0 Å². The van der Waals surface area contributed by atoms with E-state index in [2.05, 4.69) is 15.5 Å². The number of nitrogens with one attached hydrogen (secondary N) is 1. The van der Waals surface area contributed by atoms with E-state index in [1.165, 1.54) is 6.07 Å². The highest BCUT2D eigenvalue weighted by atomic mass is 35.5. The Morgan fingerprint density at radius 1 is 1.26 bits per heavy atom. The summed E-state index contributed by atoms with van der Waals surface area (Å²) in [7, 11) is -3.20. The molecule has 0 aliphatic carbocycles. The van der Waals surface area contributed by atoms with Crippen LogP contribution in [-0.2, 0) is 16.3 Å². The summed E-state index contributed by atoms with van der Waals surface area (Å²) in [6.07, 6.45) is 1.76. The number of nitrogens with two attached hydrogens (primary N) is 1. The van der Waals surface area contributed by atoms with Crippen LogP contribution in [0.25, 0.3) is 0 Å². The normalized spacial score (nSPS) is 11.2. The highest BCUT2D eigenvalue weighted by Crippen LogP contribution is 2.15. The first kappa shape index (κ1) is 17.2. The number of aromatic nitrogens is 2. The Labute approximate surface area is 138 Å². The second-order valence-electron chi connectivity index (χ2n) is 4.89. The van der Waals surface area contributed by atoms with E-state index in [1.54, 1.807) is 24.3 Å². The van der Waals surface area contributed by atoms with Gasteiger partial charge in [-0.2, -0.15) is 0 Å². The van der Waals surface area contributed by atoms with Crippen molar-refractivity contribution in [1.82, 2.24) is 10.2 Å². The zero-order valence-corrected chi connectivity index (χ0v) is 13.9. The molecule has 2 aromatic rings. The molecular weight excluding hydrogens is 340 g/mol. The molecule has 9 heteroatoms. The van der Waals surface area contributed by atoms with Gasteiger partial charge in [0.15, 0.2) is 20.8 Å². The second kappa shape index (κ2) is 6.93. The fourth-order valence-corrected chi connectivity index (χ4v) is 2.69. The topological polar surface area (TPSA) is 115 Å². The molecule has 0 fully saturated rings. The minimum atomic E-state index is -3.20. The smallest absolute Gasteiger partial charge is 0.252 e. The number of nitrogens with zero attached hydrogens (tertiary/aromatic N) is 2. The van der Waals surface area contributed by atoms with E-state index in [0.29, 0.717) is 13.0 Å². The van der Waals surface area contributed by atoms with Gasteiger partial charge in [0, 0.05) is 12.8 Å². The first-order chi connectivity index (χ1) is 10.8. The molecule has 1 aromatic carbocycles. The molecule has 0 unspecified atom stereocenters. The van der Waals surface area contributed by atoms with Crippen molar-refractivity contribution in [1.29, 1.82) is 0 Å². The maximum absolute atomic E-state index is 11.4. The summed E-state index contributed by atoms with van der Waals surface area (Å²) in [6, 6.07) is 7.94. The van der Waals surface area contributed by atoms with Gasteiger partial charge in [-0.3, -0.25) is 4.79 Å². The number of primary amides is 1. The zero-order chi connectivity index (χ0) is 17.0. The lowest BCUT2D eigenvalue weighted by atomic mass is 10.1. The van der Waals surface area contributed by atoms with Crippen molar-refractivity contribution in [2.75, 3.05) is 18.1 Å². The molecule has 0 aliphatic rings. The molecule has 0 aliphatic heterocycles. The lowest BCUT2D eigenvalue weighted by Gasteiger charge is -2.08. The molecule has 2 rings (SSSR count). The molecule has 7 nitrogen and oxygen atoms in total. The summed E-state index contributed by atoms with van der Waals surface area (Å²) in [5, 5.41) is 10.5. The highest BCUT2D eigenvalue weighted by molar-refractivity contribution is 7.90. The first-order valence-corrected chi connectivity index (χ1v) is 8.90. The largest absolute Gasteiger partial charge is 0.368 e. The number of hydrogen-bond donors (Lipinski definition) is 2. The lowest BCUT2D eigenvalue weighted by molar-refractivity contribution is 0.100. The van der Waals surface area contributed by atoms with E-state index in [0.717, 1.165) is 11.8 Å². The van der Waals surface area contributed by atoms with Crippen molar-refractivity contribution in [3.05, 3.63) is 46.6 Å². The van der Waals surface area contributed by atoms with E-state index >= 15 is 0 Å². The summed E-state index contributed by atoms with van der Waals surface area (Å²) in [5.74, 6) is -0.392. The molecule has 0 atom stereocenters. The Morgan fingerprint density at radius 2 is 1.91 bits per heavy atom. The minimum absolute atomic E-state index is 0.0840. The summed E-state index contributed by atoms with van der Waals surface area (Å²) < 4.78 is 22.8. The number of anilines is 1. The van der Waals surface area contributed by atoms with E-state index < -0.39 is 15.7 Å². The Balaban J connectivity index is 2.02. The van der Waals surface area contributed by atoms with Gasteiger partial charge in [-0.05, 0) is 30.2 Å². The maximum Gasteiger partial charge on any atom is 0.252 e. The SMILES string of the molecule is CS(=O)(=O)c1ccc(CCNc2nnc(Cl)cc2C(N)=O)cc1. The van der Waals surface area contributed by atoms with Gasteiger partial charge < -0.3 is 11.1 Å². The van der Waals surface area contributed by atoms with Crippen LogP contribution in [0, 0.1) is 0 Å². The van der Waals surface area contributed by atoms with Crippen molar-refractivity contribution < 1.29 is 13.2 Å². The Hall–Kier alpha value is -2.19. The van der Waals surface area contributed by atoms with Gasteiger partial charge in [0.05, 0.1) is 10.5 Å². The van der Waals surface area contributed by atoms with E-state index in [9.17, 15) is 13.2 Å². The lowest BCUT2D eigenvalue weighted by Crippen LogP contribution is -2.17. The number of carbonyl (C=O) groups is 1. The van der Waals surface area contributed by atoms with Crippen LogP contribution >= 0.6 is 11.6 Å². The molecule has 23 heavy (non-hydrogen) atoms. The monoisotopic (exact) mass is 354 g/mol. The van der Waals surface area contributed by atoms with Gasteiger partial charge in [-0.25, -0.2) is 8.42 Å². The molecule has 0 radical (unpaired) electrons. The fraction of sp³-hybridized carbons (Fsp3) is 0.214. The molecule has 1 aromatic heterocycles. The van der Waals surface area contributed by atoms with Crippen molar-refractivity contribution in [2.24, 2.45) is 5.73 Å². The summed E-state index contributed by atoms with van der Waals surface area (Å²) >= 11 is 5.68. The van der Waals surface area contributed by atoms with Gasteiger partial charge in [0.25, 0.3) is 5.91 Å². The molecule has 122 valence electrons. The highest BCUT2D eigenvalue weighted by Gasteiger charge is 2.11. The van der Waals surface area contributed by atoms with Gasteiger partial charge >= 0.3 is 0 Å². The number of rotatable bonds is 6. The molecule has 0 bridgehead atoms. The van der Waals surface area contributed by atoms with Crippen molar-refractivity contribution in [3.63, 3.8) is 0 Å². The average molecular weight is 355 g/mol. The number of sulfone groups is 1. The number of carbonyl (C=O) groups excluding carboxylic acids is 1. The number of amides is 1.